The van der Waals surface area contributed by atoms with Crippen LogP contribution in [0, 0.1) is 5.92 Å². The lowest BCUT2D eigenvalue weighted by Crippen LogP contribution is -2.52. The van der Waals surface area contributed by atoms with Crippen molar-refractivity contribution in [2.75, 3.05) is 6.54 Å². The van der Waals surface area contributed by atoms with Crippen LogP contribution in [0.15, 0.2) is 24.3 Å². The number of hydrogen-bond acceptors (Lipinski definition) is 3. The number of carbonyl (C=O) groups is 2. The molecule has 0 saturated heterocycles. The summed E-state index contributed by atoms with van der Waals surface area (Å²) in [6, 6.07) is 7.33. The van der Waals surface area contributed by atoms with Crippen LogP contribution in [0.25, 0.3) is 0 Å². The van der Waals surface area contributed by atoms with Crippen molar-refractivity contribution >= 4 is 11.8 Å². The van der Waals surface area contributed by atoms with E-state index in [9.17, 15) is 9.59 Å². The second-order valence-electron chi connectivity index (χ2n) is 5.69. The van der Waals surface area contributed by atoms with Crippen molar-refractivity contribution < 1.29 is 9.59 Å². The third-order valence-electron chi connectivity index (χ3n) is 4.12. The SMILES string of the molecule is CC(CCCN)C(=O)N1Cc2ccccc2C[C@H]1C(N)=O. The fraction of sp³-hybridized carbons (Fsp3) is 0.500. The van der Waals surface area contributed by atoms with Gasteiger partial charge in [-0.3, -0.25) is 9.59 Å². The van der Waals surface area contributed by atoms with E-state index in [0.717, 1.165) is 24.0 Å². The van der Waals surface area contributed by atoms with Crippen LogP contribution in [-0.4, -0.2) is 29.3 Å². The molecular weight excluding hydrogens is 266 g/mol. The molecule has 114 valence electrons. The molecule has 1 unspecified atom stereocenters. The minimum absolute atomic E-state index is 0.0123. The van der Waals surface area contributed by atoms with Crippen LogP contribution >= 0.6 is 0 Å². The number of carbonyl (C=O) groups excluding carboxylic acids is 2. The summed E-state index contributed by atoms with van der Waals surface area (Å²) in [7, 11) is 0. The number of benzene rings is 1. The van der Waals surface area contributed by atoms with Crippen molar-refractivity contribution in [2.45, 2.75) is 38.8 Å². The second-order valence-corrected chi connectivity index (χ2v) is 5.69. The van der Waals surface area contributed by atoms with Gasteiger partial charge in [-0.2, -0.15) is 0 Å². The molecule has 0 spiro atoms. The van der Waals surface area contributed by atoms with Crippen LogP contribution < -0.4 is 11.5 Å². The zero-order valence-electron chi connectivity index (χ0n) is 12.4. The maximum Gasteiger partial charge on any atom is 0.240 e. The van der Waals surface area contributed by atoms with E-state index in [1.54, 1.807) is 4.90 Å². The molecule has 5 heteroatoms. The van der Waals surface area contributed by atoms with Crippen LogP contribution in [0.1, 0.15) is 30.9 Å². The summed E-state index contributed by atoms with van der Waals surface area (Å²) >= 11 is 0. The summed E-state index contributed by atoms with van der Waals surface area (Å²) in [6.45, 7) is 2.91. The fourth-order valence-corrected chi connectivity index (χ4v) is 2.84. The molecule has 21 heavy (non-hydrogen) atoms. The minimum Gasteiger partial charge on any atom is -0.368 e. The Hall–Kier alpha value is -1.88. The van der Waals surface area contributed by atoms with Crippen LogP contribution in [0.3, 0.4) is 0 Å². The summed E-state index contributed by atoms with van der Waals surface area (Å²) in [5.74, 6) is -0.591. The van der Waals surface area contributed by atoms with Gasteiger partial charge in [0.2, 0.25) is 11.8 Å². The smallest absolute Gasteiger partial charge is 0.240 e. The van der Waals surface area contributed by atoms with E-state index < -0.39 is 11.9 Å². The molecule has 2 amide bonds. The van der Waals surface area contributed by atoms with E-state index >= 15 is 0 Å². The molecule has 2 rings (SSSR count). The van der Waals surface area contributed by atoms with Gasteiger partial charge in [-0.15, -0.1) is 0 Å². The Morgan fingerprint density at radius 2 is 2.00 bits per heavy atom. The van der Waals surface area contributed by atoms with E-state index in [1.807, 2.05) is 31.2 Å². The highest BCUT2D eigenvalue weighted by Crippen LogP contribution is 2.25. The molecule has 1 aromatic rings. The molecule has 0 aliphatic carbocycles. The molecule has 0 radical (unpaired) electrons. The van der Waals surface area contributed by atoms with E-state index in [-0.39, 0.29) is 11.8 Å². The first-order chi connectivity index (χ1) is 10.0. The van der Waals surface area contributed by atoms with Crippen molar-refractivity contribution in [3.05, 3.63) is 35.4 Å². The monoisotopic (exact) mass is 289 g/mol. The van der Waals surface area contributed by atoms with Crippen LogP contribution in [0.2, 0.25) is 0 Å². The lowest BCUT2D eigenvalue weighted by atomic mass is 9.92. The molecule has 1 aliphatic rings. The first kappa shape index (κ1) is 15.5. The van der Waals surface area contributed by atoms with Crippen molar-refractivity contribution in [3.63, 3.8) is 0 Å². The quantitative estimate of drug-likeness (QED) is 0.840. The maximum absolute atomic E-state index is 12.6. The first-order valence-corrected chi connectivity index (χ1v) is 7.41. The van der Waals surface area contributed by atoms with Gasteiger partial charge in [0.15, 0.2) is 0 Å². The number of amides is 2. The third-order valence-corrected chi connectivity index (χ3v) is 4.12. The van der Waals surface area contributed by atoms with Crippen LogP contribution in [-0.2, 0) is 22.6 Å². The Kier molecular flexibility index (Phi) is 4.96. The lowest BCUT2D eigenvalue weighted by molar-refractivity contribution is -0.143. The second kappa shape index (κ2) is 6.72. The van der Waals surface area contributed by atoms with Crippen molar-refractivity contribution in [1.29, 1.82) is 0 Å². The van der Waals surface area contributed by atoms with Gasteiger partial charge in [0.05, 0.1) is 0 Å². The maximum atomic E-state index is 12.6. The zero-order chi connectivity index (χ0) is 15.4. The molecule has 0 fully saturated rings. The topological polar surface area (TPSA) is 89.4 Å². The highest BCUT2D eigenvalue weighted by Gasteiger charge is 2.34. The van der Waals surface area contributed by atoms with Gasteiger partial charge in [-0.05, 0) is 30.5 Å². The van der Waals surface area contributed by atoms with Gasteiger partial charge < -0.3 is 16.4 Å². The van der Waals surface area contributed by atoms with Gasteiger partial charge >= 0.3 is 0 Å². The van der Waals surface area contributed by atoms with Crippen molar-refractivity contribution in [3.8, 4) is 0 Å². The third kappa shape index (κ3) is 3.42. The molecular formula is C16H23N3O2. The molecule has 1 aromatic carbocycles. The molecule has 1 aliphatic heterocycles. The minimum atomic E-state index is -0.548. The molecule has 5 nitrogen and oxygen atoms in total. The van der Waals surface area contributed by atoms with Crippen molar-refractivity contribution in [2.24, 2.45) is 17.4 Å². The van der Waals surface area contributed by atoms with Gasteiger partial charge in [-0.1, -0.05) is 31.2 Å². The Labute approximate surface area is 125 Å². The van der Waals surface area contributed by atoms with Gasteiger partial charge in [-0.25, -0.2) is 0 Å². The number of rotatable bonds is 5. The largest absolute Gasteiger partial charge is 0.368 e. The van der Waals surface area contributed by atoms with Gasteiger partial charge in [0, 0.05) is 18.9 Å². The molecule has 1 heterocycles. The van der Waals surface area contributed by atoms with E-state index in [0.29, 0.717) is 19.5 Å². The van der Waals surface area contributed by atoms with E-state index in [4.69, 9.17) is 11.5 Å². The highest BCUT2D eigenvalue weighted by atomic mass is 16.2. The van der Waals surface area contributed by atoms with Crippen molar-refractivity contribution in [1.82, 2.24) is 4.90 Å². The van der Waals surface area contributed by atoms with E-state index in [2.05, 4.69) is 0 Å². The predicted molar refractivity (Wildman–Crippen MR) is 81.1 cm³/mol. The molecule has 4 N–H and O–H groups in total. The molecule has 0 bridgehead atoms. The Morgan fingerprint density at radius 1 is 1.33 bits per heavy atom. The standard InChI is InChI=1S/C16H23N3O2/c1-11(5-4-8-17)16(21)19-10-13-7-3-2-6-12(13)9-14(19)15(18)20/h2-3,6-7,11,14H,4-5,8-10,17H2,1H3,(H2,18,20)/t11?,14-/m0/s1. The summed E-state index contributed by atoms with van der Waals surface area (Å²) < 4.78 is 0. The molecule has 0 saturated carbocycles. The van der Waals surface area contributed by atoms with Crippen LogP contribution in [0.4, 0.5) is 0 Å². The van der Waals surface area contributed by atoms with Gasteiger partial charge in [0.1, 0.15) is 6.04 Å². The van der Waals surface area contributed by atoms with Crippen LogP contribution in [0.5, 0.6) is 0 Å². The number of fused-ring (bicyclic) bond motifs is 1. The number of hydrogen-bond donors (Lipinski definition) is 2. The summed E-state index contributed by atoms with van der Waals surface area (Å²) in [4.78, 5) is 26.0. The summed E-state index contributed by atoms with van der Waals surface area (Å²) in [5, 5.41) is 0. The first-order valence-electron chi connectivity index (χ1n) is 7.41. The number of nitrogens with two attached hydrogens (primary N) is 2. The molecule has 2 atom stereocenters. The average molecular weight is 289 g/mol. The van der Waals surface area contributed by atoms with E-state index in [1.165, 1.54) is 0 Å². The Balaban J connectivity index is 2.20. The zero-order valence-corrected chi connectivity index (χ0v) is 12.4. The number of primary amides is 1. The highest BCUT2D eigenvalue weighted by molar-refractivity contribution is 5.88. The number of nitrogens with zero attached hydrogens (tertiary/aromatic N) is 1. The average Bonchev–Trinajstić information content (AvgIpc) is 2.50. The Morgan fingerprint density at radius 3 is 2.62 bits per heavy atom. The molecule has 0 aromatic heterocycles. The fourth-order valence-electron chi connectivity index (χ4n) is 2.84. The van der Waals surface area contributed by atoms with Gasteiger partial charge in [0.25, 0.3) is 0 Å². The normalized spacial score (nSPS) is 19.0. The summed E-state index contributed by atoms with van der Waals surface area (Å²) in [5.41, 5.74) is 13.2. The Bertz CT molecular complexity index is 530. The predicted octanol–water partition coefficient (Wildman–Crippen LogP) is 0.800. The summed E-state index contributed by atoms with van der Waals surface area (Å²) in [6.07, 6.45) is 2.04. The lowest BCUT2D eigenvalue weighted by Gasteiger charge is -2.36.